The number of fused-ring (bicyclic) bond motifs is 2. The lowest BCUT2D eigenvalue weighted by atomic mass is 9.52. The molecule has 0 saturated heterocycles. The molecule has 168 valence electrons. The maximum absolute atomic E-state index is 6.14. The molecule has 2 N–H and O–H groups in total. The maximum Gasteiger partial charge on any atom is 0.307 e. The molecule has 0 bridgehead atoms. The molecule has 2 aliphatic carbocycles. The maximum atomic E-state index is 6.14. The Balaban J connectivity index is 1.50. The Bertz CT molecular complexity index is 1030. The molecule has 0 spiro atoms. The quantitative estimate of drug-likeness (QED) is 0.521. The molecule has 5 nitrogen and oxygen atoms in total. The highest BCUT2D eigenvalue weighted by Gasteiger charge is 2.47. The number of aromatic nitrogens is 4. The number of rotatable bonds is 5. The second-order valence-corrected chi connectivity index (χ2v) is 11.0. The number of imidazole rings is 1. The zero-order valence-electron chi connectivity index (χ0n) is 20.3. The zero-order chi connectivity index (χ0) is 22.4. The summed E-state index contributed by atoms with van der Waals surface area (Å²) in [5, 5.41) is 0. The normalized spacial score (nSPS) is 28.5. The highest BCUT2D eigenvalue weighted by atomic mass is 15.2. The number of nitrogens with zero attached hydrogens (tertiary/aromatic N) is 4. The van der Waals surface area contributed by atoms with Crippen molar-refractivity contribution in [1.29, 1.82) is 0 Å². The number of nitrogen functional groups attached to an aromatic ring is 1. The first kappa shape index (κ1) is 22.0. The molecule has 0 amide bonds. The van der Waals surface area contributed by atoms with Gasteiger partial charge in [-0.25, -0.2) is 4.57 Å². The van der Waals surface area contributed by atoms with Gasteiger partial charge in [-0.1, -0.05) is 56.0 Å². The van der Waals surface area contributed by atoms with Crippen LogP contribution >= 0.6 is 0 Å². The van der Waals surface area contributed by atoms with Gasteiger partial charge < -0.3 is 5.73 Å². The van der Waals surface area contributed by atoms with Gasteiger partial charge in [0.1, 0.15) is 0 Å². The number of hydrogen-bond donors (Lipinski definition) is 1. The van der Waals surface area contributed by atoms with E-state index in [9.17, 15) is 0 Å². The van der Waals surface area contributed by atoms with E-state index in [1.165, 1.54) is 44.0 Å². The lowest BCUT2D eigenvalue weighted by Crippen LogP contribution is -2.43. The second kappa shape index (κ2) is 8.07. The third-order valence-corrected chi connectivity index (χ3v) is 8.55. The molecule has 2 heterocycles. The second-order valence-electron chi connectivity index (χ2n) is 11.0. The zero-order valence-corrected chi connectivity index (χ0v) is 20.3. The van der Waals surface area contributed by atoms with Crippen molar-refractivity contribution >= 4 is 17.0 Å². The largest absolute Gasteiger partial charge is 0.380 e. The van der Waals surface area contributed by atoms with E-state index in [1.54, 1.807) is 5.57 Å². The smallest absolute Gasteiger partial charge is 0.307 e. The Morgan fingerprint density at radius 1 is 1.29 bits per heavy atom. The van der Waals surface area contributed by atoms with Crippen LogP contribution in [0, 0.1) is 22.7 Å². The summed E-state index contributed by atoms with van der Waals surface area (Å²) in [5.74, 6) is 2.06. The average molecular weight is 423 g/mol. The lowest BCUT2D eigenvalue weighted by molar-refractivity contribution is -0.647. The molecular formula is C26H40N5+. The fraction of sp³-hybridized carbons (Fsp3) is 0.654. The van der Waals surface area contributed by atoms with Gasteiger partial charge in [0.15, 0.2) is 18.5 Å². The number of aryl methyl sites for hydroxylation is 1. The summed E-state index contributed by atoms with van der Waals surface area (Å²) in [6.45, 7) is 13.1. The van der Waals surface area contributed by atoms with E-state index in [0.29, 0.717) is 16.6 Å². The van der Waals surface area contributed by atoms with Crippen molar-refractivity contribution in [1.82, 2.24) is 14.5 Å². The molecule has 4 rings (SSSR count). The van der Waals surface area contributed by atoms with Crippen LogP contribution in [0.4, 0.5) is 5.82 Å². The fourth-order valence-corrected chi connectivity index (χ4v) is 6.11. The Labute approximate surface area is 187 Å². The van der Waals surface area contributed by atoms with Gasteiger partial charge in [-0.2, -0.15) is 4.98 Å². The number of anilines is 1. The Morgan fingerprint density at radius 2 is 2.06 bits per heavy atom. The summed E-state index contributed by atoms with van der Waals surface area (Å²) in [7, 11) is 2.00. The van der Waals surface area contributed by atoms with Crippen LogP contribution < -0.4 is 10.3 Å². The lowest BCUT2D eigenvalue weighted by Gasteiger charge is -2.53. The Kier molecular flexibility index (Phi) is 5.74. The Hall–Kier alpha value is -2.17. The van der Waals surface area contributed by atoms with Gasteiger partial charge in [0.05, 0.1) is 13.6 Å². The SMILES string of the molecule is C/C(=C\Cn1c[n+](C)c2ncnc(N)c21)CC[C@@]1(C)C2=CCCC(C)(C)[C@H]2CC[C@@H]1C. The minimum atomic E-state index is 0.320. The van der Waals surface area contributed by atoms with E-state index in [0.717, 1.165) is 36.0 Å². The van der Waals surface area contributed by atoms with Crippen molar-refractivity contribution < 1.29 is 4.57 Å². The van der Waals surface area contributed by atoms with Crippen LogP contribution in [0.2, 0.25) is 0 Å². The fourth-order valence-electron chi connectivity index (χ4n) is 6.11. The van der Waals surface area contributed by atoms with Crippen molar-refractivity contribution in [3.05, 3.63) is 36.0 Å². The monoisotopic (exact) mass is 422 g/mol. The summed E-state index contributed by atoms with van der Waals surface area (Å²) in [6, 6.07) is 0. The molecule has 0 unspecified atom stereocenters. The minimum Gasteiger partial charge on any atom is -0.380 e. The number of nitrogens with two attached hydrogens (primary N) is 1. The van der Waals surface area contributed by atoms with E-state index in [2.05, 4.69) is 67.6 Å². The molecule has 2 aromatic rings. The van der Waals surface area contributed by atoms with Gasteiger partial charge >= 0.3 is 5.65 Å². The Morgan fingerprint density at radius 3 is 2.84 bits per heavy atom. The van der Waals surface area contributed by atoms with Crippen molar-refractivity contribution in [2.75, 3.05) is 5.73 Å². The van der Waals surface area contributed by atoms with Crippen LogP contribution in [0.5, 0.6) is 0 Å². The molecule has 1 fully saturated rings. The summed E-state index contributed by atoms with van der Waals surface area (Å²) in [5.41, 5.74) is 11.9. The molecule has 31 heavy (non-hydrogen) atoms. The van der Waals surface area contributed by atoms with E-state index in [-0.39, 0.29) is 0 Å². The number of hydrogen-bond acceptors (Lipinski definition) is 3. The van der Waals surface area contributed by atoms with Gasteiger partial charge in [-0.3, -0.25) is 4.57 Å². The van der Waals surface area contributed by atoms with Gasteiger partial charge in [-0.15, -0.1) is 0 Å². The third kappa shape index (κ3) is 3.92. The van der Waals surface area contributed by atoms with Gasteiger partial charge in [-0.05, 0) is 68.1 Å². The van der Waals surface area contributed by atoms with Crippen LogP contribution in [-0.4, -0.2) is 14.5 Å². The highest BCUT2D eigenvalue weighted by molar-refractivity contribution is 5.79. The topological polar surface area (TPSA) is 60.6 Å². The third-order valence-electron chi connectivity index (χ3n) is 8.55. The summed E-state index contributed by atoms with van der Waals surface area (Å²) in [4.78, 5) is 8.56. The molecule has 0 aliphatic heterocycles. The number of allylic oxidation sites excluding steroid dienone is 4. The molecule has 2 aliphatic rings. The summed E-state index contributed by atoms with van der Waals surface area (Å²) in [6.07, 6.45) is 16.2. The predicted molar refractivity (Wildman–Crippen MR) is 127 cm³/mol. The molecule has 5 heteroatoms. The summed E-state index contributed by atoms with van der Waals surface area (Å²) < 4.78 is 4.17. The standard InChI is InChI=1S/C26H40N5/c1-18(12-15-31-17-30(6)24-22(31)23(27)28-16-29-24)11-14-26(5)19(2)9-10-20-21(26)8-7-13-25(20,3)4/h8,12,16-17,19-20H,7,9-11,13-15H2,1-6H3,(H2,27,28,29)/q+1/b18-12+/t19-,20-,26+/m0/s1. The first-order chi connectivity index (χ1) is 14.6. The summed E-state index contributed by atoms with van der Waals surface area (Å²) >= 11 is 0. The van der Waals surface area contributed by atoms with Gasteiger partial charge in [0.25, 0.3) is 0 Å². The van der Waals surface area contributed by atoms with E-state index < -0.39 is 0 Å². The van der Waals surface area contributed by atoms with Gasteiger partial charge in [0, 0.05) is 0 Å². The highest BCUT2D eigenvalue weighted by Crippen LogP contribution is 2.58. The van der Waals surface area contributed by atoms with Crippen LogP contribution in [0.15, 0.2) is 36.0 Å². The van der Waals surface area contributed by atoms with Crippen LogP contribution in [0.25, 0.3) is 11.2 Å². The molecule has 3 atom stereocenters. The molecule has 2 aromatic heterocycles. The van der Waals surface area contributed by atoms with Crippen LogP contribution in [-0.2, 0) is 13.6 Å². The average Bonchev–Trinajstić information content (AvgIpc) is 3.05. The van der Waals surface area contributed by atoms with Crippen molar-refractivity contribution in [2.24, 2.45) is 29.7 Å². The van der Waals surface area contributed by atoms with Gasteiger partial charge in [0.2, 0.25) is 5.52 Å². The molecule has 0 radical (unpaired) electrons. The minimum absolute atomic E-state index is 0.320. The molecule has 0 aromatic carbocycles. The van der Waals surface area contributed by atoms with E-state index >= 15 is 0 Å². The van der Waals surface area contributed by atoms with E-state index in [1.807, 2.05) is 11.6 Å². The van der Waals surface area contributed by atoms with Crippen LogP contribution in [0.1, 0.15) is 73.1 Å². The van der Waals surface area contributed by atoms with Crippen molar-refractivity contribution in [3.8, 4) is 0 Å². The first-order valence-electron chi connectivity index (χ1n) is 11.9. The van der Waals surface area contributed by atoms with E-state index in [4.69, 9.17) is 5.73 Å². The first-order valence-corrected chi connectivity index (χ1v) is 11.9. The molecular weight excluding hydrogens is 382 g/mol. The van der Waals surface area contributed by atoms with Crippen molar-refractivity contribution in [3.63, 3.8) is 0 Å². The molecule has 1 saturated carbocycles. The van der Waals surface area contributed by atoms with Crippen molar-refractivity contribution in [2.45, 2.75) is 79.7 Å². The van der Waals surface area contributed by atoms with Crippen LogP contribution in [0.3, 0.4) is 0 Å². The predicted octanol–water partition coefficient (Wildman–Crippen LogP) is 5.36.